The zero-order valence-electron chi connectivity index (χ0n) is 14.6. The first-order valence-electron chi connectivity index (χ1n) is 7.76. The molecule has 0 saturated heterocycles. The van der Waals surface area contributed by atoms with Gasteiger partial charge < -0.3 is 30.1 Å². The molecule has 0 heterocycles. The number of nitrogens with one attached hydrogen (secondary N) is 1. The molecule has 2 aromatic carbocycles. The molecule has 0 aliphatic carbocycles. The van der Waals surface area contributed by atoms with E-state index in [1.54, 1.807) is 30.3 Å². The van der Waals surface area contributed by atoms with Crippen LogP contribution >= 0.6 is 0 Å². The van der Waals surface area contributed by atoms with Crippen LogP contribution < -0.4 is 25.3 Å². The summed E-state index contributed by atoms with van der Waals surface area (Å²) in [5.74, 6) is 1.49. The van der Waals surface area contributed by atoms with Gasteiger partial charge in [-0.05, 0) is 12.1 Å². The summed E-state index contributed by atoms with van der Waals surface area (Å²) < 4.78 is 15.7. The lowest BCUT2D eigenvalue weighted by atomic mass is 10.2. The highest BCUT2D eigenvalue weighted by molar-refractivity contribution is 5.92. The summed E-state index contributed by atoms with van der Waals surface area (Å²) in [5.41, 5.74) is 6.18. The second-order valence-electron chi connectivity index (χ2n) is 5.11. The number of amides is 1. The van der Waals surface area contributed by atoms with E-state index in [1.165, 1.54) is 14.2 Å². The summed E-state index contributed by atoms with van der Waals surface area (Å²) in [6.45, 7) is -0.246. The third-order valence-corrected chi connectivity index (χ3v) is 3.14. The Morgan fingerprint density at radius 2 is 1.65 bits per heavy atom. The highest BCUT2D eigenvalue weighted by Gasteiger charge is 2.07. The van der Waals surface area contributed by atoms with E-state index in [2.05, 4.69) is 10.5 Å². The SMILES string of the molecule is COc1cc(NC(=O)CON=C(N)COc2ccccc2)cc(OC)c1. The second kappa shape index (κ2) is 9.77. The van der Waals surface area contributed by atoms with Crippen molar-refractivity contribution in [2.75, 3.05) is 32.8 Å². The van der Waals surface area contributed by atoms with Gasteiger partial charge >= 0.3 is 0 Å². The van der Waals surface area contributed by atoms with Gasteiger partial charge in [0.25, 0.3) is 5.91 Å². The molecule has 26 heavy (non-hydrogen) atoms. The van der Waals surface area contributed by atoms with Crippen molar-refractivity contribution in [3.05, 3.63) is 48.5 Å². The molecular formula is C18H21N3O5. The monoisotopic (exact) mass is 359 g/mol. The number of nitrogens with two attached hydrogens (primary N) is 1. The van der Waals surface area contributed by atoms with E-state index in [0.29, 0.717) is 22.9 Å². The Labute approximate surface area is 151 Å². The Kier molecular flexibility index (Phi) is 7.11. The molecule has 2 aromatic rings. The van der Waals surface area contributed by atoms with E-state index < -0.39 is 5.91 Å². The zero-order valence-corrected chi connectivity index (χ0v) is 14.6. The quantitative estimate of drug-likeness (QED) is 0.403. The molecule has 3 N–H and O–H groups in total. The van der Waals surface area contributed by atoms with Crippen molar-refractivity contribution in [2.24, 2.45) is 10.9 Å². The van der Waals surface area contributed by atoms with Gasteiger partial charge in [-0.1, -0.05) is 23.4 Å². The zero-order chi connectivity index (χ0) is 18.8. The number of amidine groups is 1. The van der Waals surface area contributed by atoms with Crippen LogP contribution in [0.15, 0.2) is 53.7 Å². The number of methoxy groups -OCH3 is 2. The van der Waals surface area contributed by atoms with Gasteiger partial charge in [0, 0.05) is 23.9 Å². The molecule has 0 spiro atoms. The number of carbonyl (C=O) groups is 1. The average Bonchev–Trinajstić information content (AvgIpc) is 2.66. The van der Waals surface area contributed by atoms with E-state index in [4.69, 9.17) is 24.8 Å². The lowest BCUT2D eigenvalue weighted by molar-refractivity contribution is -0.120. The van der Waals surface area contributed by atoms with Crippen molar-refractivity contribution in [3.8, 4) is 17.2 Å². The van der Waals surface area contributed by atoms with Gasteiger partial charge in [0.1, 0.15) is 23.9 Å². The number of para-hydroxylation sites is 1. The van der Waals surface area contributed by atoms with Crippen LogP contribution in [-0.2, 0) is 9.63 Å². The minimum absolute atomic E-state index is 0.0543. The molecular weight excluding hydrogens is 338 g/mol. The van der Waals surface area contributed by atoms with Gasteiger partial charge in [-0.2, -0.15) is 0 Å². The fourth-order valence-corrected chi connectivity index (χ4v) is 1.95. The van der Waals surface area contributed by atoms with Gasteiger partial charge in [-0.3, -0.25) is 4.79 Å². The van der Waals surface area contributed by atoms with E-state index in [0.717, 1.165) is 0 Å². The van der Waals surface area contributed by atoms with E-state index >= 15 is 0 Å². The molecule has 2 rings (SSSR count). The van der Waals surface area contributed by atoms with Crippen molar-refractivity contribution >= 4 is 17.4 Å². The van der Waals surface area contributed by atoms with Crippen molar-refractivity contribution in [3.63, 3.8) is 0 Å². The van der Waals surface area contributed by atoms with Crippen LogP contribution in [0.3, 0.4) is 0 Å². The van der Waals surface area contributed by atoms with E-state index in [-0.39, 0.29) is 19.0 Å². The smallest absolute Gasteiger partial charge is 0.265 e. The number of hydrogen-bond acceptors (Lipinski definition) is 6. The number of carbonyl (C=O) groups excluding carboxylic acids is 1. The van der Waals surface area contributed by atoms with E-state index in [9.17, 15) is 4.79 Å². The number of hydrogen-bond donors (Lipinski definition) is 2. The predicted octanol–water partition coefficient (Wildman–Crippen LogP) is 2.01. The first-order chi connectivity index (χ1) is 12.6. The van der Waals surface area contributed by atoms with Gasteiger partial charge in [-0.15, -0.1) is 0 Å². The molecule has 0 radical (unpaired) electrons. The molecule has 0 bridgehead atoms. The molecule has 0 aliphatic rings. The molecule has 0 unspecified atom stereocenters. The summed E-state index contributed by atoms with van der Waals surface area (Å²) in [5, 5.41) is 6.31. The standard InChI is InChI=1S/C18H21N3O5/c1-23-15-8-13(9-16(10-15)24-2)20-18(22)12-26-21-17(19)11-25-14-6-4-3-5-7-14/h3-10H,11-12H2,1-2H3,(H2,19,21)(H,20,22). The first kappa shape index (κ1) is 18.9. The highest BCUT2D eigenvalue weighted by atomic mass is 16.6. The molecule has 8 nitrogen and oxygen atoms in total. The minimum atomic E-state index is -0.402. The summed E-state index contributed by atoms with van der Waals surface area (Å²) in [7, 11) is 3.05. The number of benzene rings is 2. The van der Waals surface area contributed by atoms with Gasteiger partial charge in [0.15, 0.2) is 12.4 Å². The van der Waals surface area contributed by atoms with Crippen molar-refractivity contribution in [1.82, 2.24) is 0 Å². The van der Waals surface area contributed by atoms with Crippen LogP contribution in [0.4, 0.5) is 5.69 Å². The predicted molar refractivity (Wildman–Crippen MR) is 97.7 cm³/mol. The number of rotatable bonds is 9. The van der Waals surface area contributed by atoms with Crippen LogP contribution in [-0.4, -0.2) is 39.2 Å². The van der Waals surface area contributed by atoms with Crippen molar-refractivity contribution in [2.45, 2.75) is 0 Å². The minimum Gasteiger partial charge on any atom is -0.497 e. The van der Waals surface area contributed by atoms with Crippen molar-refractivity contribution < 1.29 is 23.8 Å². The normalized spacial score (nSPS) is 10.8. The second-order valence-corrected chi connectivity index (χ2v) is 5.11. The first-order valence-corrected chi connectivity index (χ1v) is 7.76. The summed E-state index contributed by atoms with van der Waals surface area (Å²) in [6, 6.07) is 14.2. The number of oxime groups is 1. The fourth-order valence-electron chi connectivity index (χ4n) is 1.95. The lowest BCUT2D eigenvalue weighted by Gasteiger charge is -2.09. The Bertz CT molecular complexity index is 727. The topological polar surface area (TPSA) is 104 Å². The average molecular weight is 359 g/mol. The molecule has 0 atom stereocenters. The largest absolute Gasteiger partial charge is 0.497 e. The van der Waals surface area contributed by atoms with Crippen LogP contribution in [0.1, 0.15) is 0 Å². The highest BCUT2D eigenvalue weighted by Crippen LogP contribution is 2.25. The van der Waals surface area contributed by atoms with Gasteiger partial charge in [0.05, 0.1) is 14.2 Å². The van der Waals surface area contributed by atoms with Crippen LogP contribution in [0, 0.1) is 0 Å². The Morgan fingerprint density at radius 3 is 2.27 bits per heavy atom. The number of nitrogens with zero attached hydrogens (tertiary/aromatic N) is 1. The number of ether oxygens (including phenoxy) is 3. The maximum Gasteiger partial charge on any atom is 0.265 e. The molecule has 8 heteroatoms. The Hall–Kier alpha value is -3.42. The summed E-state index contributed by atoms with van der Waals surface area (Å²) in [6.07, 6.45) is 0. The fraction of sp³-hybridized carbons (Fsp3) is 0.222. The maximum absolute atomic E-state index is 11.9. The Balaban J connectivity index is 1.79. The molecule has 0 aromatic heterocycles. The molecule has 138 valence electrons. The third kappa shape index (κ3) is 6.23. The van der Waals surface area contributed by atoms with Crippen molar-refractivity contribution in [1.29, 1.82) is 0 Å². The van der Waals surface area contributed by atoms with Crippen LogP contribution in [0.2, 0.25) is 0 Å². The maximum atomic E-state index is 11.9. The number of anilines is 1. The third-order valence-electron chi connectivity index (χ3n) is 3.14. The summed E-state index contributed by atoms with van der Waals surface area (Å²) in [4.78, 5) is 16.9. The molecule has 0 fully saturated rings. The van der Waals surface area contributed by atoms with Gasteiger partial charge in [0.2, 0.25) is 0 Å². The lowest BCUT2D eigenvalue weighted by Crippen LogP contribution is -2.23. The Morgan fingerprint density at radius 1 is 1.00 bits per heavy atom. The van der Waals surface area contributed by atoms with Gasteiger partial charge in [-0.25, -0.2) is 0 Å². The van der Waals surface area contributed by atoms with Crippen LogP contribution in [0.5, 0.6) is 17.2 Å². The molecule has 0 saturated carbocycles. The molecule has 1 amide bonds. The van der Waals surface area contributed by atoms with Crippen LogP contribution in [0.25, 0.3) is 0 Å². The summed E-state index contributed by atoms with van der Waals surface area (Å²) >= 11 is 0. The van der Waals surface area contributed by atoms with E-state index in [1.807, 2.05) is 18.2 Å². The molecule has 0 aliphatic heterocycles.